The van der Waals surface area contributed by atoms with Gasteiger partial charge in [0.05, 0.1) is 151 Å². The predicted octanol–water partition coefficient (Wildman–Crippen LogP) is 23.1. The van der Waals surface area contributed by atoms with Crippen LogP contribution in [0.15, 0.2) is 104 Å². The van der Waals surface area contributed by atoms with Crippen LogP contribution in [0.5, 0.6) is 0 Å². The van der Waals surface area contributed by atoms with E-state index in [2.05, 4.69) is 225 Å². The first kappa shape index (κ1) is 111. The summed E-state index contributed by atoms with van der Waals surface area (Å²) in [5.41, 5.74) is 4.22. The maximum Gasteiger partial charge on any atom is 0.193 e. The molecule has 0 radical (unpaired) electrons. The first-order valence-corrected chi connectivity index (χ1v) is 60.1. The highest BCUT2D eigenvalue weighted by molar-refractivity contribution is 14.1. The lowest BCUT2D eigenvalue weighted by atomic mass is 9.77. The quantitative estimate of drug-likeness (QED) is 0.0256. The molecule has 10 saturated heterocycles. The maximum atomic E-state index is 15.4. The van der Waals surface area contributed by atoms with Gasteiger partial charge >= 0.3 is 0 Å². The van der Waals surface area contributed by atoms with E-state index in [1.165, 1.54) is 0 Å². The van der Waals surface area contributed by atoms with Gasteiger partial charge in [-0.3, -0.25) is 9.59 Å². The number of benzene rings is 1. The minimum absolute atomic E-state index is 0.00644. The maximum absolute atomic E-state index is 15.4. The van der Waals surface area contributed by atoms with Gasteiger partial charge in [0.2, 0.25) is 0 Å². The van der Waals surface area contributed by atoms with Gasteiger partial charge in [-0.05, 0) is 241 Å². The predicted molar refractivity (Wildman–Crippen MR) is 542 cm³/mol. The molecule has 10 aliphatic rings. The Bertz CT molecular complexity index is 4050. The SMILES string of the molecule is C=C1C[C@H](CCC=O)OC1CC[C@H]1C[C@@H](C)C(=C)C(C[C@@H]2O[C@H](C[C@H](C)CC)[C@H](OC)[C@H]2C(C(=O)CC2CCC3O[C@@H]([C@H](/C=C/I)O[Si](C)(C)C(C)(C)C)[C@@H](C)[C@@H](C)C3O2)S(=O)(=O)c2ccccc2)O1.C=C1C[C@H](CCC=O)OC1CC[C@H]1C[C@@H](C)C(=C)C(C[C@@H]2O[C@H](C[C@H](C)CC)[C@H](OC)[C@H]2CC(=O)CC2CCC3O[C@@H]([C@H](/C=C/I)O[Si](C)(C)C(C)(C)C)[C@@H](C)[C@@H](C)C3O2)O1. The molecule has 35 atom stereocenters. The van der Waals surface area contributed by atoms with Gasteiger partial charge in [-0.25, -0.2) is 8.42 Å². The zero-order valence-corrected chi connectivity index (χ0v) is 91.0. The van der Waals surface area contributed by atoms with Gasteiger partial charge in [0.25, 0.3) is 0 Å². The van der Waals surface area contributed by atoms with Crippen molar-refractivity contribution in [1.82, 2.24) is 0 Å². The summed E-state index contributed by atoms with van der Waals surface area (Å²) in [6.07, 6.45) is 18.7. The van der Waals surface area contributed by atoms with Gasteiger partial charge in [0.15, 0.2) is 32.3 Å². The average Bonchev–Trinajstić information content (AvgIpc) is 1.70. The van der Waals surface area contributed by atoms with Crippen molar-refractivity contribution in [3.05, 3.63) is 99.3 Å². The third kappa shape index (κ3) is 28.1. The Hall–Kier alpha value is -2.38. The number of fused-ring (bicyclic) bond motifs is 2. The molecule has 0 aromatic heterocycles. The van der Waals surface area contributed by atoms with Crippen LogP contribution in [-0.4, -0.2) is 215 Å². The minimum atomic E-state index is -4.28. The number of methoxy groups -OCH3 is 2. The fourth-order valence-electron chi connectivity index (χ4n) is 22.1. The second-order valence-electron chi connectivity index (χ2n) is 44.3. The van der Waals surface area contributed by atoms with E-state index in [9.17, 15) is 14.4 Å². The molecule has 0 spiro atoms. The smallest absolute Gasteiger partial charge is 0.193 e. The Balaban J connectivity index is 0.000000275. The topological polar surface area (TPSA) is 232 Å². The van der Waals surface area contributed by atoms with Crippen molar-refractivity contribution in [3.8, 4) is 0 Å². The van der Waals surface area contributed by atoms with Crippen molar-refractivity contribution in [2.45, 2.75) is 464 Å². The van der Waals surface area contributed by atoms with E-state index in [0.717, 1.165) is 125 Å². The number of rotatable bonds is 42. The number of sulfone groups is 1. The summed E-state index contributed by atoms with van der Waals surface area (Å²) >= 11 is 4.56. The number of carbonyl (C=O) groups excluding carboxylic acids is 4. The summed E-state index contributed by atoms with van der Waals surface area (Å²) in [4.78, 5) is 51.7. The van der Waals surface area contributed by atoms with Crippen LogP contribution in [0.2, 0.25) is 36.3 Å². The summed E-state index contributed by atoms with van der Waals surface area (Å²) in [6, 6.07) is 8.36. The van der Waals surface area contributed by atoms with E-state index in [1.807, 2.05) is 4.08 Å². The van der Waals surface area contributed by atoms with Crippen molar-refractivity contribution in [2.24, 2.45) is 59.2 Å². The number of hydrogen-bond acceptors (Lipinski definition) is 20. The summed E-state index contributed by atoms with van der Waals surface area (Å²) in [5, 5.41) is -1.34. The molecule has 10 heterocycles. The molecular weight excluding hydrogens is 1940 g/mol. The first-order valence-electron chi connectivity index (χ1n) is 50.3. The highest BCUT2D eigenvalue weighted by Gasteiger charge is 2.59. The van der Waals surface area contributed by atoms with Gasteiger partial charge in [0, 0.05) is 71.0 Å². The summed E-state index contributed by atoms with van der Waals surface area (Å²) in [5.74, 6) is 0.758. The fraction of sp³-hybridized carbons (Fsp3) is 0.792. The van der Waals surface area contributed by atoms with Crippen molar-refractivity contribution in [1.29, 1.82) is 0 Å². The number of Topliss-reactive ketones (excluding diaryl/α,β-unsaturated/α-hetero) is 2. The third-order valence-electron chi connectivity index (χ3n) is 33.0. The molecule has 10 aliphatic heterocycles. The monoisotopic (exact) mass is 2100 g/mol. The van der Waals surface area contributed by atoms with Crippen LogP contribution in [0.25, 0.3) is 0 Å². The molecule has 131 heavy (non-hydrogen) atoms. The zero-order chi connectivity index (χ0) is 96.1. The molecule has 0 bridgehead atoms. The standard InChI is InChI=1S/C56H87IO11SSi.C50H83IO9Si/c1-14-34(2)29-50-54(62-11)51(49(66-50)33-48-37(5)35(3)30-41(64-48)22-24-45-36(4)31-40(63-45)19-18-28-58)55(69(60,61)43-20-16-15-17-21-43)44(59)32-42-23-25-46-52(65-42)38(6)39(7)53(67-46)47(26-27-57)68-70(12,13)56(8,9)10;1-14-30(2)24-46-49(54-11)40(45(58-46)29-44-33(5)31(3)25-38(56-44)17-19-41-32(4)26-37(55-41)16-15-23-52)28-36(53)27-39-18-20-42-47(57-39)34(6)35(7)48(59-42)43(21-22-51)60-61(12,13)50(8,9)10/h15-17,20-21,26-28,34-35,38-42,45-55H,4-5,14,18-19,22-25,29-33H2,1-3,6-13H3;21-23,30-31,34-35,37-49H,4-5,14-20,24-29H2,1-3,6-13H3/b27-26+;22-21+/t34-,35-,38-,39+,40+,41+,42?,45?,46?,47+,48?,49+,50-,51+,52?,53-,54+,55?;30-,31-,34-,35+,37+,38+,39?,40+,41?,42?,43+,44?,45+,46-,47?,48-,49-/m11/s1. The van der Waals surface area contributed by atoms with Crippen LogP contribution in [0.4, 0.5) is 0 Å². The number of carbonyl (C=O) groups is 4. The Morgan fingerprint density at radius 3 is 1.35 bits per heavy atom. The summed E-state index contributed by atoms with van der Waals surface area (Å²) < 4.78 is 129. The molecule has 0 amide bonds. The molecule has 10 fully saturated rings. The van der Waals surface area contributed by atoms with Gasteiger partial charge in [-0.15, -0.1) is 0 Å². The van der Waals surface area contributed by atoms with E-state index in [4.69, 9.17) is 65.7 Å². The van der Waals surface area contributed by atoms with Crippen LogP contribution in [0.3, 0.4) is 0 Å². The molecular formula is C106H170I2O20SSi2. The van der Waals surface area contributed by atoms with E-state index in [-0.39, 0.29) is 190 Å². The zero-order valence-electron chi connectivity index (χ0n) is 83.9. The van der Waals surface area contributed by atoms with Crippen LogP contribution in [0, 0.1) is 59.2 Å². The number of ketones is 2. The second-order valence-corrected chi connectivity index (χ2v) is 57.4. The largest absolute Gasteiger partial charge is 0.408 e. The normalized spacial score (nSPS) is 37.0. The van der Waals surface area contributed by atoms with Crippen LogP contribution < -0.4 is 0 Å². The molecule has 1 aromatic carbocycles. The molecule has 0 saturated carbocycles. The molecule has 11 rings (SSSR count). The van der Waals surface area contributed by atoms with E-state index < -0.39 is 68.2 Å². The van der Waals surface area contributed by atoms with E-state index in [1.54, 1.807) is 44.6 Å². The van der Waals surface area contributed by atoms with E-state index >= 15 is 13.2 Å². The van der Waals surface area contributed by atoms with Gasteiger partial charge in [0.1, 0.15) is 23.6 Å². The van der Waals surface area contributed by atoms with Crippen molar-refractivity contribution in [3.63, 3.8) is 0 Å². The summed E-state index contributed by atoms with van der Waals surface area (Å²) in [6.45, 7) is 62.6. The molecule has 11 unspecified atom stereocenters. The molecule has 0 aliphatic carbocycles. The Morgan fingerprint density at radius 1 is 0.511 bits per heavy atom. The molecule has 1 aromatic rings. The van der Waals surface area contributed by atoms with Gasteiger partial charge in [-0.1, -0.05) is 213 Å². The third-order valence-corrected chi connectivity index (χ3v) is 45.0. The van der Waals surface area contributed by atoms with E-state index in [0.29, 0.717) is 76.0 Å². The fourth-order valence-corrected chi connectivity index (χ4v) is 27.4. The second kappa shape index (κ2) is 49.4. The van der Waals surface area contributed by atoms with Crippen LogP contribution in [-0.2, 0) is 94.7 Å². The number of hydrogen-bond donors (Lipinski definition) is 0. The number of ether oxygens (including phenoxy) is 12. The molecule has 742 valence electrons. The van der Waals surface area contributed by atoms with Gasteiger partial charge in [-0.2, -0.15) is 0 Å². The Morgan fingerprint density at radius 2 is 0.931 bits per heavy atom. The molecule has 20 nitrogen and oxygen atoms in total. The number of aldehydes is 2. The lowest BCUT2D eigenvalue weighted by Crippen LogP contribution is -2.58. The first-order chi connectivity index (χ1) is 61.8. The Kier molecular flexibility index (Phi) is 41.7. The average molecular weight is 2110 g/mol. The molecule has 0 N–H and O–H groups in total. The Labute approximate surface area is 819 Å². The van der Waals surface area contributed by atoms with Crippen molar-refractivity contribution >= 4 is 95.8 Å². The van der Waals surface area contributed by atoms with Crippen LogP contribution >= 0.6 is 45.2 Å². The highest BCUT2D eigenvalue weighted by Crippen LogP contribution is 2.51. The number of halogens is 2. The van der Waals surface area contributed by atoms with Gasteiger partial charge < -0.3 is 75.3 Å². The molecule has 25 heteroatoms. The lowest BCUT2D eigenvalue weighted by molar-refractivity contribution is -0.237. The highest BCUT2D eigenvalue weighted by atomic mass is 127. The summed E-state index contributed by atoms with van der Waals surface area (Å²) in [7, 11) is -5.08. The van der Waals surface area contributed by atoms with Crippen molar-refractivity contribution in [2.75, 3.05) is 14.2 Å². The van der Waals surface area contributed by atoms with Crippen molar-refractivity contribution < 1.29 is 93.3 Å². The van der Waals surface area contributed by atoms with Crippen LogP contribution in [0.1, 0.15) is 271 Å². The lowest BCUT2D eigenvalue weighted by Gasteiger charge is -2.51. The minimum Gasteiger partial charge on any atom is -0.408 e.